The van der Waals surface area contributed by atoms with Gasteiger partial charge in [-0.1, -0.05) is 24.3 Å². The molecule has 2 atom stereocenters. The minimum Gasteiger partial charge on any atom is -0.369 e. The molecule has 106 valence electrons. The molecule has 0 fully saturated rings. The Morgan fingerprint density at radius 2 is 2.05 bits per heavy atom. The fourth-order valence-corrected chi connectivity index (χ4v) is 2.74. The molecule has 0 saturated carbocycles. The summed E-state index contributed by atoms with van der Waals surface area (Å²) in [5.74, 6) is -0.484. The molecule has 0 heterocycles. The molecule has 1 aromatic carbocycles. The normalized spacial score (nSPS) is 20.9. The second-order valence-corrected chi connectivity index (χ2v) is 5.65. The third-order valence-corrected chi connectivity index (χ3v) is 4.06. The summed E-state index contributed by atoms with van der Waals surface area (Å²) in [5.41, 5.74) is 11.6. The van der Waals surface area contributed by atoms with E-state index in [0.29, 0.717) is 12.1 Å². The van der Waals surface area contributed by atoms with E-state index in [1.807, 2.05) is 30.4 Å². The van der Waals surface area contributed by atoms with Crippen LogP contribution in [0.2, 0.25) is 0 Å². The molecule has 2 rings (SSSR count). The van der Waals surface area contributed by atoms with Crippen LogP contribution in [0.5, 0.6) is 0 Å². The zero-order chi connectivity index (χ0) is 14.5. The summed E-state index contributed by atoms with van der Waals surface area (Å²) in [6, 6.07) is 7.29. The number of nitrogens with one attached hydrogen (secondary N) is 1. The number of primary amides is 1. The number of anilines is 1. The number of benzene rings is 1. The maximum Gasteiger partial charge on any atom is 0.231 e. The van der Waals surface area contributed by atoms with Crippen LogP contribution in [0.3, 0.4) is 0 Å². The van der Waals surface area contributed by atoms with E-state index in [1.54, 1.807) is 6.07 Å². The van der Waals surface area contributed by atoms with Crippen molar-refractivity contribution in [1.29, 1.82) is 0 Å². The van der Waals surface area contributed by atoms with Crippen LogP contribution in [-0.2, 0) is 9.59 Å². The van der Waals surface area contributed by atoms with Gasteiger partial charge in [0.1, 0.15) is 0 Å². The van der Waals surface area contributed by atoms with Gasteiger partial charge in [0.2, 0.25) is 11.8 Å². The molecule has 0 aromatic heterocycles. The molecule has 0 radical (unpaired) electrons. The van der Waals surface area contributed by atoms with Crippen molar-refractivity contribution in [2.75, 3.05) is 11.1 Å². The van der Waals surface area contributed by atoms with Crippen molar-refractivity contribution in [2.45, 2.75) is 17.4 Å². The van der Waals surface area contributed by atoms with E-state index in [1.165, 1.54) is 11.8 Å². The maximum atomic E-state index is 12.1. The van der Waals surface area contributed by atoms with Gasteiger partial charge in [-0.3, -0.25) is 9.59 Å². The standard InChI is InChI=1S/C14H17N3O2S/c15-10-6-5-9(7-10)14(19)17-11-3-1-2-4-12(11)20-8-13(16)18/h1-6,9-10H,7-8,15H2,(H2,16,18)(H,17,19). The van der Waals surface area contributed by atoms with Gasteiger partial charge in [0.05, 0.1) is 17.4 Å². The van der Waals surface area contributed by atoms with E-state index in [0.717, 1.165) is 4.90 Å². The van der Waals surface area contributed by atoms with E-state index >= 15 is 0 Å². The van der Waals surface area contributed by atoms with Gasteiger partial charge in [-0.15, -0.1) is 11.8 Å². The van der Waals surface area contributed by atoms with Crippen LogP contribution >= 0.6 is 11.8 Å². The van der Waals surface area contributed by atoms with Gasteiger partial charge in [0, 0.05) is 10.9 Å². The van der Waals surface area contributed by atoms with Gasteiger partial charge in [0.15, 0.2) is 0 Å². The summed E-state index contributed by atoms with van der Waals surface area (Å²) in [6.07, 6.45) is 4.31. The molecule has 2 unspecified atom stereocenters. The van der Waals surface area contributed by atoms with Crippen LogP contribution in [0.4, 0.5) is 5.69 Å². The summed E-state index contributed by atoms with van der Waals surface area (Å²) in [4.78, 5) is 23.8. The molecule has 20 heavy (non-hydrogen) atoms. The zero-order valence-corrected chi connectivity index (χ0v) is 11.7. The molecule has 2 amide bonds. The van der Waals surface area contributed by atoms with Crippen molar-refractivity contribution >= 4 is 29.3 Å². The number of para-hydroxylation sites is 1. The molecule has 0 bridgehead atoms. The highest BCUT2D eigenvalue weighted by Gasteiger charge is 2.23. The molecule has 0 spiro atoms. The highest BCUT2D eigenvalue weighted by molar-refractivity contribution is 8.00. The van der Waals surface area contributed by atoms with Crippen LogP contribution in [0.25, 0.3) is 0 Å². The third kappa shape index (κ3) is 3.85. The molecular weight excluding hydrogens is 274 g/mol. The van der Waals surface area contributed by atoms with Crippen molar-refractivity contribution in [2.24, 2.45) is 17.4 Å². The molecule has 0 saturated heterocycles. The molecule has 1 aromatic rings. The van der Waals surface area contributed by atoms with E-state index in [9.17, 15) is 9.59 Å². The highest BCUT2D eigenvalue weighted by atomic mass is 32.2. The van der Waals surface area contributed by atoms with Crippen molar-refractivity contribution in [3.63, 3.8) is 0 Å². The number of amides is 2. The molecule has 1 aliphatic rings. The minimum atomic E-state index is -0.388. The Hall–Kier alpha value is -1.79. The number of thioether (sulfide) groups is 1. The average molecular weight is 291 g/mol. The Kier molecular flexibility index (Phi) is 4.81. The Balaban J connectivity index is 2.03. The minimum absolute atomic E-state index is 0.0507. The smallest absolute Gasteiger partial charge is 0.231 e. The number of rotatable bonds is 5. The van der Waals surface area contributed by atoms with Crippen LogP contribution in [0.1, 0.15) is 6.42 Å². The Bertz CT molecular complexity index is 545. The lowest BCUT2D eigenvalue weighted by Gasteiger charge is -2.13. The van der Waals surface area contributed by atoms with E-state index in [4.69, 9.17) is 11.5 Å². The number of carbonyl (C=O) groups excluding carboxylic acids is 2. The lowest BCUT2D eigenvalue weighted by atomic mass is 10.1. The van der Waals surface area contributed by atoms with Crippen LogP contribution < -0.4 is 16.8 Å². The Labute approximate surface area is 121 Å². The first-order valence-electron chi connectivity index (χ1n) is 6.31. The van der Waals surface area contributed by atoms with Crippen LogP contribution in [0, 0.1) is 5.92 Å². The topological polar surface area (TPSA) is 98.2 Å². The predicted molar refractivity (Wildman–Crippen MR) is 80.2 cm³/mol. The maximum absolute atomic E-state index is 12.1. The molecule has 5 nitrogen and oxygen atoms in total. The van der Waals surface area contributed by atoms with Gasteiger partial charge in [0.25, 0.3) is 0 Å². The summed E-state index contributed by atoms with van der Waals surface area (Å²) in [5, 5.41) is 2.88. The SMILES string of the molecule is NC(=O)CSc1ccccc1NC(=O)C1C=CC(N)C1. The van der Waals surface area contributed by atoms with Gasteiger partial charge in [-0.2, -0.15) is 0 Å². The summed E-state index contributed by atoms with van der Waals surface area (Å²) >= 11 is 1.31. The van der Waals surface area contributed by atoms with Crippen LogP contribution in [-0.4, -0.2) is 23.6 Å². The number of hydrogen-bond acceptors (Lipinski definition) is 4. The van der Waals surface area contributed by atoms with Crippen molar-refractivity contribution in [3.05, 3.63) is 36.4 Å². The Morgan fingerprint density at radius 1 is 1.30 bits per heavy atom. The predicted octanol–water partition coefficient (Wildman–Crippen LogP) is 1.11. The van der Waals surface area contributed by atoms with E-state index in [2.05, 4.69) is 5.32 Å². The lowest BCUT2D eigenvalue weighted by molar-refractivity contribution is -0.118. The second-order valence-electron chi connectivity index (χ2n) is 4.63. The molecule has 0 aliphatic heterocycles. The largest absolute Gasteiger partial charge is 0.369 e. The van der Waals surface area contributed by atoms with E-state index in [-0.39, 0.29) is 29.5 Å². The first kappa shape index (κ1) is 14.6. The van der Waals surface area contributed by atoms with Gasteiger partial charge >= 0.3 is 0 Å². The molecule has 6 heteroatoms. The first-order chi connectivity index (χ1) is 9.56. The van der Waals surface area contributed by atoms with Crippen molar-refractivity contribution < 1.29 is 9.59 Å². The van der Waals surface area contributed by atoms with Gasteiger partial charge in [-0.25, -0.2) is 0 Å². The lowest BCUT2D eigenvalue weighted by Crippen LogP contribution is -2.24. The number of carbonyl (C=O) groups is 2. The first-order valence-corrected chi connectivity index (χ1v) is 7.29. The van der Waals surface area contributed by atoms with Crippen LogP contribution in [0.15, 0.2) is 41.3 Å². The highest BCUT2D eigenvalue weighted by Crippen LogP contribution is 2.28. The van der Waals surface area contributed by atoms with E-state index < -0.39 is 0 Å². The molecule has 1 aliphatic carbocycles. The van der Waals surface area contributed by atoms with Crippen molar-refractivity contribution in [3.8, 4) is 0 Å². The fraction of sp³-hybridized carbons (Fsp3) is 0.286. The van der Waals surface area contributed by atoms with Gasteiger partial charge in [-0.05, 0) is 18.6 Å². The summed E-state index contributed by atoms with van der Waals surface area (Å²) in [7, 11) is 0. The van der Waals surface area contributed by atoms with Gasteiger partial charge < -0.3 is 16.8 Å². The quantitative estimate of drug-likeness (QED) is 0.559. The fourth-order valence-electron chi connectivity index (χ4n) is 1.99. The Morgan fingerprint density at radius 3 is 2.70 bits per heavy atom. The molecular formula is C14H17N3O2S. The summed E-state index contributed by atoms with van der Waals surface area (Å²) < 4.78 is 0. The second kappa shape index (κ2) is 6.58. The number of nitrogens with two attached hydrogens (primary N) is 2. The summed E-state index contributed by atoms with van der Waals surface area (Å²) in [6.45, 7) is 0. The monoisotopic (exact) mass is 291 g/mol. The van der Waals surface area contributed by atoms with Crippen molar-refractivity contribution in [1.82, 2.24) is 0 Å². The molecule has 5 N–H and O–H groups in total. The zero-order valence-electron chi connectivity index (χ0n) is 10.9. The number of hydrogen-bond donors (Lipinski definition) is 3. The third-order valence-electron chi connectivity index (χ3n) is 2.97. The average Bonchev–Trinajstić information content (AvgIpc) is 2.84.